The third-order valence-electron chi connectivity index (χ3n) is 1.86. The summed E-state index contributed by atoms with van der Waals surface area (Å²) in [5.41, 5.74) is 0. The minimum absolute atomic E-state index is 0.615. The van der Waals surface area contributed by atoms with Crippen molar-refractivity contribution in [2.45, 2.75) is 31.5 Å². The van der Waals surface area contributed by atoms with Crippen LogP contribution in [0.4, 0.5) is 0 Å². The average Bonchev–Trinajstić information content (AvgIpc) is 2.57. The van der Waals surface area contributed by atoms with Crippen LogP contribution in [0.5, 0.6) is 0 Å². The number of hydrogen-bond donors (Lipinski definition) is 0. The van der Waals surface area contributed by atoms with Gasteiger partial charge >= 0.3 is 0 Å². The second-order valence-electron chi connectivity index (χ2n) is 2.84. The Labute approximate surface area is 55.1 Å². The molecule has 2 fully saturated rings. The number of hydrogen-bond acceptors (Lipinski definition) is 2. The van der Waals surface area contributed by atoms with Gasteiger partial charge in [0.15, 0.2) is 0 Å². The van der Waals surface area contributed by atoms with E-state index in [1.54, 1.807) is 0 Å². The first-order valence-corrected chi connectivity index (χ1v) is 3.68. The van der Waals surface area contributed by atoms with E-state index in [1.807, 2.05) is 0 Å². The molecule has 52 valence electrons. The molecule has 0 bridgehead atoms. The third kappa shape index (κ3) is 1.95. The van der Waals surface area contributed by atoms with Gasteiger partial charge in [-0.05, 0) is 19.3 Å². The molecule has 0 aliphatic carbocycles. The van der Waals surface area contributed by atoms with Crippen LogP contribution >= 0.6 is 0 Å². The highest BCUT2D eigenvalue weighted by Gasteiger charge is 2.25. The molecule has 2 heterocycles. The van der Waals surface area contributed by atoms with E-state index >= 15 is 0 Å². The first-order chi connectivity index (χ1) is 4.45. The molecule has 9 heavy (non-hydrogen) atoms. The van der Waals surface area contributed by atoms with Crippen LogP contribution in [0.1, 0.15) is 19.3 Å². The molecule has 0 aromatic carbocycles. The molecular weight excluding hydrogens is 116 g/mol. The van der Waals surface area contributed by atoms with Gasteiger partial charge in [0, 0.05) is 0 Å². The van der Waals surface area contributed by atoms with Crippen LogP contribution in [-0.4, -0.2) is 25.4 Å². The molecule has 2 rings (SSSR count). The van der Waals surface area contributed by atoms with Crippen LogP contribution in [0.15, 0.2) is 0 Å². The summed E-state index contributed by atoms with van der Waals surface area (Å²) in [6.07, 6.45) is 5.02. The predicted molar refractivity (Wildman–Crippen MR) is 33.3 cm³/mol. The van der Waals surface area contributed by atoms with E-state index in [2.05, 4.69) is 0 Å². The van der Waals surface area contributed by atoms with Crippen molar-refractivity contribution in [3.63, 3.8) is 0 Å². The molecule has 2 saturated heterocycles. The van der Waals surface area contributed by atoms with Gasteiger partial charge in [0.2, 0.25) is 0 Å². The van der Waals surface area contributed by atoms with Gasteiger partial charge in [-0.1, -0.05) is 0 Å². The van der Waals surface area contributed by atoms with Crippen LogP contribution in [-0.2, 0) is 9.47 Å². The van der Waals surface area contributed by atoms with Gasteiger partial charge in [-0.3, -0.25) is 0 Å². The van der Waals surface area contributed by atoms with Crippen molar-refractivity contribution in [1.29, 1.82) is 0 Å². The maximum Gasteiger partial charge on any atom is 0.0810 e. The maximum atomic E-state index is 5.07. The molecule has 0 N–H and O–H groups in total. The SMILES string of the molecule is C(C[C@@H]1CO1)C[C@H]1CO1. The lowest BCUT2D eigenvalue weighted by Crippen LogP contribution is -1.89. The molecule has 0 unspecified atom stereocenters. The Hall–Kier alpha value is -0.0800. The molecule has 0 saturated carbocycles. The molecule has 2 aliphatic heterocycles. The summed E-state index contributed by atoms with van der Waals surface area (Å²) in [6.45, 7) is 2.01. The summed E-state index contributed by atoms with van der Waals surface area (Å²) in [7, 11) is 0. The highest BCUT2D eigenvalue weighted by atomic mass is 16.6. The van der Waals surface area contributed by atoms with Crippen molar-refractivity contribution in [2.75, 3.05) is 13.2 Å². The van der Waals surface area contributed by atoms with E-state index in [0.29, 0.717) is 12.2 Å². The van der Waals surface area contributed by atoms with Gasteiger partial charge in [-0.15, -0.1) is 0 Å². The molecule has 2 nitrogen and oxygen atoms in total. The third-order valence-corrected chi connectivity index (χ3v) is 1.86. The summed E-state index contributed by atoms with van der Waals surface area (Å²) >= 11 is 0. The zero-order valence-electron chi connectivity index (χ0n) is 5.51. The van der Waals surface area contributed by atoms with E-state index in [0.717, 1.165) is 13.2 Å². The van der Waals surface area contributed by atoms with Gasteiger partial charge in [-0.2, -0.15) is 0 Å². The van der Waals surface area contributed by atoms with Gasteiger partial charge in [0.25, 0.3) is 0 Å². The Bertz CT molecular complexity index is 83.1. The van der Waals surface area contributed by atoms with Crippen LogP contribution in [0.25, 0.3) is 0 Å². The minimum Gasteiger partial charge on any atom is -0.373 e. The molecule has 0 aromatic rings. The fourth-order valence-electron chi connectivity index (χ4n) is 1.04. The smallest absolute Gasteiger partial charge is 0.0810 e. The van der Waals surface area contributed by atoms with Crippen LogP contribution < -0.4 is 0 Å². The van der Waals surface area contributed by atoms with Gasteiger partial charge in [-0.25, -0.2) is 0 Å². The lowest BCUT2D eigenvalue weighted by molar-refractivity contribution is 0.365. The Morgan fingerprint density at radius 3 is 1.78 bits per heavy atom. The van der Waals surface area contributed by atoms with Crippen LogP contribution in [0, 0.1) is 0 Å². The van der Waals surface area contributed by atoms with Crippen molar-refractivity contribution in [2.24, 2.45) is 0 Å². The topological polar surface area (TPSA) is 25.1 Å². The van der Waals surface area contributed by atoms with Crippen LogP contribution in [0.3, 0.4) is 0 Å². The zero-order valence-corrected chi connectivity index (χ0v) is 5.51. The van der Waals surface area contributed by atoms with Crippen molar-refractivity contribution in [3.8, 4) is 0 Å². The van der Waals surface area contributed by atoms with Crippen molar-refractivity contribution in [1.82, 2.24) is 0 Å². The summed E-state index contributed by atoms with van der Waals surface area (Å²) in [5, 5.41) is 0. The largest absolute Gasteiger partial charge is 0.373 e. The summed E-state index contributed by atoms with van der Waals surface area (Å²) < 4.78 is 10.1. The standard InChI is InChI=1S/C7H12O2/c1(2-6-4-8-6)3-7-5-9-7/h6-7H,1-5H2/t6-,7+. The fourth-order valence-corrected chi connectivity index (χ4v) is 1.04. The molecular formula is C7H12O2. The minimum atomic E-state index is 0.615. The zero-order chi connectivity index (χ0) is 6.10. The van der Waals surface area contributed by atoms with E-state index in [-0.39, 0.29) is 0 Å². The Balaban J connectivity index is 1.46. The summed E-state index contributed by atoms with van der Waals surface area (Å²) in [5.74, 6) is 0. The molecule has 2 aliphatic rings. The van der Waals surface area contributed by atoms with E-state index in [9.17, 15) is 0 Å². The fraction of sp³-hybridized carbons (Fsp3) is 1.00. The molecule has 2 heteroatoms. The second-order valence-corrected chi connectivity index (χ2v) is 2.84. The first-order valence-electron chi connectivity index (χ1n) is 3.68. The molecule has 0 spiro atoms. The van der Waals surface area contributed by atoms with E-state index in [1.165, 1.54) is 19.3 Å². The highest BCUT2D eigenvalue weighted by Crippen LogP contribution is 2.21. The first kappa shape index (κ1) is 5.69. The molecule has 0 amide bonds. The molecule has 0 radical (unpaired) electrons. The van der Waals surface area contributed by atoms with E-state index in [4.69, 9.17) is 9.47 Å². The Kier molecular flexibility index (Phi) is 1.44. The molecule has 0 aromatic heterocycles. The maximum absolute atomic E-state index is 5.07. The summed E-state index contributed by atoms with van der Waals surface area (Å²) in [4.78, 5) is 0. The van der Waals surface area contributed by atoms with Gasteiger partial charge < -0.3 is 9.47 Å². The van der Waals surface area contributed by atoms with Crippen molar-refractivity contribution in [3.05, 3.63) is 0 Å². The van der Waals surface area contributed by atoms with Crippen molar-refractivity contribution < 1.29 is 9.47 Å². The number of rotatable bonds is 4. The van der Waals surface area contributed by atoms with Crippen LogP contribution in [0.2, 0.25) is 0 Å². The number of epoxide rings is 2. The lowest BCUT2D eigenvalue weighted by atomic mass is 10.2. The summed E-state index contributed by atoms with van der Waals surface area (Å²) in [6, 6.07) is 0. The monoisotopic (exact) mass is 128 g/mol. The normalized spacial score (nSPS) is 38.7. The lowest BCUT2D eigenvalue weighted by Gasteiger charge is -1.90. The second kappa shape index (κ2) is 2.27. The number of ether oxygens (including phenoxy) is 2. The van der Waals surface area contributed by atoms with E-state index < -0.39 is 0 Å². The Morgan fingerprint density at radius 2 is 1.44 bits per heavy atom. The van der Waals surface area contributed by atoms with Gasteiger partial charge in [0.1, 0.15) is 0 Å². The van der Waals surface area contributed by atoms with Gasteiger partial charge in [0.05, 0.1) is 25.4 Å². The highest BCUT2D eigenvalue weighted by molar-refractivity contribution is 4.73. The van der Waals surface area contributed by atoms with Crippen molar-refractivity contribution >= 4 is 0 Å². The quantitative estimate of drug-likeness (QED) is 0.527. The molecule has 2 atom stereocenters. The predicted octanol–water partition coefficient (Wildman–Crippen LogP) is 0.954. The Morgan fingerprint density at radius 1 is 1.00 bits per heavy atom. The average molecular weight is 128 g/mol.